The molecule has 0 aromatic heterocycles. The lowest BCUT2D eigenvalue weighted by molar-refractivity contribution is -0.870. The molecule has 0 heterocycles. The molecule has 0 aliphatic heterocycles. The second-order valence-corrected chi connectivity index (χ2v) is 18.4. The minimum Gasteiger partial charge on any atom is -0.477 e. The summed E-state index contributed by atoms with van der Waals surface area (Å²) in [5, 5.41) is 9.66. The summed E-state index contributed by atoms with van der Waals surface area (Å²) in [4.78, 5) is 37.2. The van der Waals surface area contributed by atoms with E-state index < -0.39 is 30.3 Å². The minimum atomic E-state index is -1.53. The van der Waals surface area contributed by atoms with Crippen LogP contribution in [0.5, 0.6) is 0 Å². The van der Waals surface area contributed by atoms with Crippen LogP contribution in [-0.2, 0) is 33.3 Å². The first-order valence-electron chi connectivity index (χ1n) is 26.4. The van der Waals surface area contributed by atoms with Gasteiger partial charge < -0.3 is 28.5 Å². The lowest BCUT2D eigenvalue weighted by Crippen LogP contribution is -2.40. The van der Waals surface area contributed by atoms with E-state index in [9.17, 15) is 19.5 Å². The maximum atomic E-state index is 12.8. The number of carbonyl (C=O) groups is 3. The largest absolute Gasteiger partial charge is 0.477 e. The van der Waals surface area contributed by atoms with Crippen LogP contribution < -0.4 is 0 Å². The number of hydrogen-bond donors (Lipinski definition) is 1. The van der Waals surface area contributed by atoms with E-state index in [-0.39, 0.29) is 32.7 Å². The maximum absolute atomic E-state index is 12.8. The lowest BCUT2D eigenvalue weighted by atomic mass is 10.0. The average molecular weight is 937 g/mol. The molecule has 2 atom stereocenters. The predicted octanol–water partition coefficient (Wildman–Crippen LogP) is 15.0. The van der Waals surface area contributed by atoms with Crippen molar-refractivity contribution in [3.63, 3.8) is 0 Å². The summed E-state index contributed by atoms with van der Waals surface area (Å²) in [6.07, 6.45) is 62.2. The van der Waals surface area contributed by atoms with Crippen molar-refractivity contribution in [3.05, 3.63) is 97.2 Å². The van der Waals surface area contributed by atoms with E-state index in [1.807, 2.05) is 33.3 Å². The second kappa shape index (κ2) is 48.7. The van der Waals surface area contributed by atoms with Crippen molar-refractivity contribution in [2.24, 2.45) is 0 Å². The van der Waals surface area contributed by atoms with Crippen molar-refractivity contribution in [3.8, 4) is 0 Å². The zero-order valence-electron chi connectivity index (χ0n) is 43.3. The number of quaternary nitrogens is 1. The van der Waals surface area contributed by atoms with Crippen LogP contribution in [-0.4, -0.2) is 87.4 Å². The Labute approximate surface area is 410 Å². The van der Waals surface area contributed by atoms with Gasteiger partial charge >= 0.3 is 17.9 Å². The van der Waals surface area contributed by atoms with Gasteiger partial charge in [0.15, 0.2) is 6.10 Å². The summed E-state index contributed by atoms with van der Waals surface area (Å²) >= 11 is 0. The van der Waals surface area contributed by atoms with Crippen LogP contribution in [0.3, 0.4) is 0 Å². The quantitative estimate of drug-likeness (QED) is 0.0211. The molecule has 0 amide bonds. The molecule has 0 fully saturated rings. The van der Waals surface area contributed by atoms with Gasteiger partial charge in [0.25, 0.3) is 6.29 Å². The van der Waals surface area contributed by atoms with Gasteiger partial charge in [-0.15, -0.1) is 0 Å². The molecular formula is C58H98NO8+. The fraction of sp³-hybridized carbons (Fsp3) is 0.672. The Hall–Kier alpha value is -3.79. The lowest BCUT2D eigenvalue weighted by Gasteiger charge is -2.25. The highest BCUT2D eigenvalue weighted by molar-refractivity contribution is 5.71. The van der Waals surface area contributed by atoms with Gasteiger partial charge in [-0.3, -0.25) is 9.59 Å². The molecule has 0 aliphatic rings. The summed E-state index contributed by atoms with van der Waals surface area (Å²) in [6, 6.07) is 0. The molecule has 0 aromatic carbocycles. The van der Waals surface area contributed by atoms with Gasteiger partial charge in [-0.05, 0) is 77.0 Å². The average Bonchev–Trinajstić information content (AvgIpc) is 3.29. The van der Waals surface area contributed by atoms with Gasteiger partial charge in [0, 0.05) is 12.8 Å². The smallest absolute Gasteiger partial charge is 0.361 e. The number of unbranched alkanes of at least 4 members (excludes halogenated alkanes) is 16. The number of allylic oxidation sites excluding steroid dienone is 16. The zero-order chi connectivity index (χ0) is 49.2. The van der Waals surface area contributed by atoms with Gasteiger partial charge in [-0.25, -0.2) is 4.79 Å². The summed E-state index contributed by atoms with van der Waals surface area (Å²) in [5.41, 5.74) is 0. The number of esters is 2. The monoisotopic (exact) mass is 937 g/mol. The van der Waals surface area contributed by atoms with Crippen LogP contribution in [0.1, 0.15) is 194 Å². The predicted molar refractivity (Wildman–Crippen MR) is 281 cm³/mol. The second-order valence-electron chi connectivity index (χ2n) is 18.4. The van der Waals surface area contributed by atoms with Crippen molar-refractivity contribution in [1.29, 1.82) is 0 Å². The Morgan fingerprint density at radius 2 is 0.836 bits per heavy atom. The fourth-order valence-corrected chi connectivity index (χ4v) is 6.84. The number of aliphatic carboxylic acids is 1. The van der Waals surface area contributed by atoms with Crippen molar-refractivity contribution >= 4 is 17.9 Å². The van der Waals surface area contributed by atoms with Crippen LogP contribution in [0.4, 0.5) is 0 Å². The number of nitrogens with zero attached hydrogens (tertiary/aromatic N) is 1. The number of ether oxygens (including phenoxy) is 4. The Morgan fingerprint density at radius 1 is 0.448 bits per heavy atom. The maximum Gasteiger partial charge on any atom is 0.361 e. The molecular weight excluding hydrogens is 839 g/mol. The number of carboxylic acids is 1. The Morgan fingerprint density at radius 3 is 1.25 bits per heavy atom. The summed E-state index contributed by atoms with van der Waals surface area (Å²) in [6.45, 7) is 4.55. The molecule has 0 radical (unpaired) electrons. The molecule has 2 unspecified atom stereocenters. The molecule has 67 heavy (non-hydrogen) atoms. The Kier molecular flexibility index (Phi) is 45.9. The van der Waals surface area contributed by atoms with Crippen LogP contribution in [0.15, 0.2) is 97.2 Å². The van der Waals surface area contributed by atoms with Gasteiger partial charge in [0.2, 0.25) is 0 Å². The highest BCUT2D eigenvalue weighted by Gasteiger charge is 2.25. The third-order valence-electron chi connectivity index (χ3n) is 10.8. The molecule has 0 aliphatic carbocycles. The van der Waals surface area contributed by atoms with Gasteiger partial charge in [-0.2, -0.15) is 0 Å². The molecule has 1 N–H and O–H groups in total. The van der Waals surface area contributed by atoms with Crippen LogP contribution >= 0.6 is 0 Å². The number of carboxylic acid groups (broad SMARTS) is 1. The van der Waals surface area contributed by atoms with Crippen LogP contribution in [0, 0.1) is 0 Å². The minimum absolute atomic E-state index is 0.173. The molecule has 9 nitrogen and oxygen atoms in total. The third-order valence-corrected chi connectivity index (χ3v) is 10.8. The molecule has 0 rings (SSSR count). The van der Waals surface area contributed by atoms with E-state index in [4.69, 9.17) is 18.9 Å². The van der Waals surface area contributed by atoms with E-state index in [0.29, 0.717) is 23.9 Å². The molecule has 0 saturated carbocycles. The summed E-state index contributed by atoms with van der Waals surface area (Å²) in [7, 11) is 5.94. The van der Waals surface area contributed by atoms with Crippen molar-refractivity contribution < 1.29 is 42.9 Å². The molecule has 0 saturated heterocycles. The first kappa shape index (κ1) is 63.2. The summed E-state index contributed by atoms with van der Waals surface area (Å²) < 4.78 is 22.7. The Bertz CT molecular complexity index is 1420. The standard InChI is InChI=1S/C58H97NO8/c1-6-8-10-12-14-16-18-20-21-22-23-24-25-26-27-28-29-30-31-32-33-34-35-37-39-41-43-45-47-49-56(61)67-54(53-66-58(57(62)63)64-51-50-59(3,4)5)52-65-55(60)48-46-44-42-40-38-36-19-17-15-13-11-9-7-2/h8-11,14-17,20-21,23-24,36,38,42,44,54,58H,6-7,12-13,18-19,22,25-35,37,39-41,43,45-53H2,1-5H3/p+1/b10-8-,11-9-,16-14-,17-15-,21-20-,24-23-,38-36-,44-42-. The first-order valence-corrected chi connectivity index (χ1v) is 26.4. The number of rotatable bonds is 47. The summed E-state index contributed by atoms with van der Waals surface area (Å²) in [5.74, 6) is -2.12. The SMILES string of the molecule is CC/C=C\C/C=C\C/C=C\C/C=C\CCCCCCCCCCCCCCCCCCC(=O)OC(COC(=O)CC/C=C\C/C=C\C/C=C\C/C=C\CC)COC(OCC[N+](C)(C)C)C(=O)O. The zero-order valence-corrected chi connectivity index (χ0v) is 43.3. The van der Waals surface area contributed by atoms with Crippen molar-refractivity contribution in [2.75, 3.05) is 47.5 Å². The van der Waals surface area contributed by atoms with Crippen LogP contribution in [0.25, 0.3) is 0 Å². The molecule has 0 spiro atoms. The van der Waals surface area contributed by atoms with Crippen molar-refractivity contribution in [2.45, 2.75) is 206 Å². The van der Waals surface area contributed by atoms with Gasteiger partial charge in [0.1, 0.15) is 13.2 Å². The van der Waals surface area contributed by atoms with E-state index in [0.717, 1.165) is 70.6 Å². The highest BCUT2D eigenvalue weighted by Crippen LogP contribution is 2.15. The fourth-order valence-electron chi connectivity index (χ4n) is 6.84. The van der Waals surface area contributed by atoms with E-state index in [2.05, 4.69) is 98.9 Å². The Balaban J connectivity index is 4.24. The van der Waals surface area contributed by atoms with E-state index >= 15 is 0 Å². The number of carbonyl (C=O) groups excluding carboxylic acids is 2. The molecule has 9 heteroatoms. The van der Waals surface area contributed by atoms with E-state index in [1.54, 1.807) is 0 Å². The number of likely N-dealkylation sites (N-methyl/N-ethyl adjacent to an activating group) is 1. The van der Waals surface area contributed by atoms with Gasteiger partial charge in [0.05, 0.1) is 34.4 Å². The first-order chi connectivity index (χ1) is 32.6. The highest BCUT2D eigenvalue weighted by atomic mass is 16.7. The number of hydrogen-bond acceptors (Lipinski definition) is 7. The molecule has 0 aromatic rings. The van der Waals surface area contributed by atoms with E-state index in [1.165, 1.54) is 83.5 Å². The van der Waals surface area contributed by atoms with Crippen molar-refractivity contribution in [1.82, 2.24) is 0 Å². The topological polar surface area (TPSA) is 108 Å². The molecule has 382 valence electrons. The van der Waals surface area contributed by atoms with Crippen LogP contribution in [0.2, 0.25) is 0 Å². The van der Waals surface area contributed by atoms with Gasteiger partial charge in [-0.1, -0.05) is 201 Å². The third kappa shape index (κ3) is 49.9. The normalized spacial score (nSPS) is 13.6. The molecule has 0 bridgehead atoms.